The van der Waals surface area contributed by atoms with Gasteiger partial charge >= 0.3 is 17.9 Å². The van der Waals surface area contributed by atoms with E-state index in [0.717, 1.165) is 96.3 Å². The molecule has 0 aliphatic carbocycles. The Morgan fingerprint density at radius 1 is 0.306 bits per heavy atom. The number of allylic oxidation sites excluding steroid dienone is 26. The van der Waals surface area contributed by atoms with E-state index in [4.69, 9.17) is 14.2 Å². The molecule has 0 aromatic rings. The molecule has 0 fully saturated rings. The number of carbonyl (C=O) groups excluding carboxylic acids is 3. The van der Waals surface area contributed by atoms with E-state index < -0.39 is 6.10 Å². The van der Waals surface area contributed by atoms with Crippen molar-refractivity contribution in [2.24, 2.45) is 0 Å². The molecular weight excluding hydrogens is 889 g/mol. The van der Waals surface area contributed by atoms with Crippen LogP contribution in [0, 0.1) is 0 Å². The van der Waals surface area contributed by atoms with E-state index in [-0.39, 0.29) is 50.4 Å². The zero-order valence-corrected chi connectivity index (χ0v) is 45.9. The molecule has 6 heteroatoms. The van der Waals surface area contributed by atoms with Gasteiger partial charge < -0.3 is 14.2 Å². The first kappa shape index (κ1) is 67.0. The molecule has 0 bridgehead atoms. The van der Waals surface area contributed by atoms with Gasteiger partial charge in [-0.05, 0) is 103 Å². The summed E-state index contributed by atoms with van der Waals surface area (Å²) in [6.45, 7) is 6.34. The third-order valence-corrected chi connectivity index (χ3v) is 11.5. The molecule has 0 saturated carbocycles. The zero-order chi connectivity index (χ0) is 52.2. The summed E-state index contributed by atoms with van der Waals surface area (Å²) in [7, 11) is 0. The summed E-state index contributed by atoms with van der Waals surface area (Å²) in [5.74, 6) is -1.05. The summed E-state index contributed by atoms with van der Waals surface area (Å²) in [4.78, 5) is 38.2. The van der Waals surface area contributed by atoms with Crippen LogP contribution in [0.2, 0.25) is 0 Å². The summed E-state index contributed by atoms with van der Waals surface area (Å²) >= 11 is 0. The van der Waals surface area contributed by atoms with E-state index >= 15 is 0 Å². The molecule has 0 heterocycles. The molecule has 0 aliphatic heterocycles. The SMILES string of the molecule is CC\C=C/C=C\C=C/C=C\C=C\C=C/C=C\CCCCCC(=O)OCC(COC(=O)CCC/C=C\C/C=C\C/C=C\C/C=C\CCCCC)OC(=O)CCCCCCC/C=C\C=C/CCCCCCCCC. The van der Waals surface area contributed by atoms with Gasteiger partial charge in [0.15, 0.2) is 6.10 Å². The molecule has 0 N–H and O–H groups in total. The molecule has 0 spiro atoms. The van der Waals surface area contributed by atoms with Gasteiger partial charge in [-0.3, -0.25) is 14.4 Å². The third kappa shape index (κ3) is 56.0. The topological polar surface area (TPSA) is 78.9 Å². The Morgan fingerprint density at radius 2 is 0.611 bits per heavy atom. The van der Waals surface area contributed by atoms with Crippen molar-refractivity contribution in [2.45, 2.75) is 226 Å². The molecule has 0 aromatic heterocycles. The van der Waals surface area contributed by atoms with Crippen molar-refractivity contribution in [1.29, 1.82) is 0 Å². The van der Waals surface area contributed by atoms with E-state index in [1.165, 1.54) is 70.6 Å². The maximum Gasteiger partial charge on any atom is 0.306 e. The number of ether oxygens (including phenoxy) is 3. The van der Waals surface area contributed by atoms with Crippen LogP contribution in [0.3, 0.4) is 0 Å². The van der Waals surface area contributed by atoms with Crippen molar-refractivity contribution < 1.29 is 28.6 Å². The van der Waals surface area contributed by atoms with Gasteiger partial charge in [0.05, 0.1) is 0 Å². The Balaban J connectivity index is 4.64. The molecule has 1 atom stereocenters. The number of esters is 3. The molecule has 1 unspecified atom stereocenters. The van der Waals surface area contributed by atoms with Crippen LogP contribution in [0.15, 0.2) is 158 Å². The van der Waals surface area contributed by atoms with Crippen LogP contribution in [0.25, 0.3) is 0 Å². The molecule has 0 rings (SSSR count). The molecular formula is C66H102O6. The maximum absolute atomic E-state index is 12.9. The Hall–Kier alpha value is -4.97. The minimum absolute atomic E-state index is 0.133. The molecule has 402 valence electrons. The fourth-order valence-electron chi connectivity index (χ4n) is 7.17. The van der Waals surface area contributed by atoms with E-state index in [2.05, 4.69) is 106 Å². The summed E-state index contributed by atoms with van der Waals surface area (Å²) in [6.07, 6.45) is 85.1. The van der Waals surface area contributed by atoms with Crippen molar-refractivity contribution in [1.82, 2.24) is 0 Å². The van der Waals surface area contributed by atoms with Crippen molar-refractivity contribution in [3.63, 3.8) is 0 Å². The van der Waals surface area contributed by atoms with Crippen molar-refractivity contribution in [3.8, 4) is 0 Å². The lowest BCUT2D eigenvalue weighted by atomic mass is 10.1. The van der Waals surface area contributed by atoms with Crippen LogP contribution in [0.4, 0.5) is 0 Å². The highest BCUT2D eigenvalue weighted by Gasteiger charge is 2.19. The van der Waals surface area contributed by atoms with Crippen LogP contribution in [-0.2, 0) is 28.6 Å². The van der Waals surface area contributed by atoms with E-state index in [0.29, 0.717) is 12.8 Å². The number of hydrogen-bond donors (Lipinski definition) is 0. The van der Waals surface area contributed by atoms with Crippen LogP contribution < -0.4 is 0 Å². The van der Waals surface area contributed by atoms with Crippen molar-refractivity contribution in [3.05, 3.63) is 158 Å². The second-order valence-electron chi connectivity index (χ2n) is 18.3. The normalized spacial score (nSPS) is 13.3. The smallest absolute Gasteiger partial charge is 0.306 e. The Labute approximate surface area is 441 Å². The summed E-state index contributed by atoms with van der Waals surface area (Å²) in [5, 5.41) is 0. The second kappa shape index (κ2) is 58.6. The fraction of sp³-hybridized carbons (Fsp3) is 0.561. The molecule has 0 aliphatic rings. The molecule has 0 aromatic carbocycles. The van der Waals surface area contributed by atoms with Gasteiger partial charge in [-0.1, -0.05) is 256 Å². The Morgan fingerprint density at radius 3 is 1.08 bits per heavy atom. The van der Waals surface area contributed by atoms with Crippen LogP contribution in [0.1, 0.15) is 220 Å². The largest absolute Gasteiger partial charge is 0.462 e. The quantitative estimate of drug-likeness (QED) is 0.0199. The van der Waals surface area contributed by atoms with Gasteiger partial charge in [-0.15, -0.1) is 0 Å². The van der Waals surface area contributed by atoms with Crippen molar-refractivity contribution >= 4 is 17.9 Å². The lowest BCUT2D eigenvalue weighted by molar-refractivity contribution is -0.167. The average molecular weight is 992 g/mol. The number of unbranched alkanes of at least 4 members (excludes halogenated alkanes) is 19. The first-order valence-corrected chi connectivity index (χ1v) is 28.6. The predicted molar refractivity (Wildman–Crippen MR) is 311 cm³/mol. The Kier molecular flexibility index (Phi) is 54.6. The van der Waals surface area contributed by atoms with Gasteiger partial charge in [-0.2, -0.15) is 0 Å². The lowest BCUT2D eigenvalue weighted by Crippen LogP contribution is -2.30. The van der Waals surface area contributed by atoms with Crippen molar-refractivity contribution in [2.75, 3.05) is 13.2 Å². The number of rotatable bonds is 49. The van der Waals surface area contributed by atoms with E-state index in [1.54, 1.807) is 0 Å². The van der Waals surface area contributed by atoms with Gasteiger partial charge in [0, 0.05) is 19.3 Å². The van der Waals surface area contributed by atoms with E-state index in [9.17, 15) is 14.4 Å². The summed E-state index contributed by atoms with van der Waals surface area (Å²) < 4.78 is 16.8. The first-order chi connectivity index (χ1) is 35.5. The molecule has 0 radical (unpaired) electrons. The Bertz CT molecular complexity index is 1660. The van der Waals surface area contributed by atoms with Gasteiger partial charge in [0.1, 0.15) is 13.2 Å². The first-order valence-electron chi connectivity index (χ1n) is 28.6. The highest BCUT2D eigenvalue weighted by atomic mass is 16.6. The maximum atomic E-state index is 12.9. The minimum atomic E-state index is -0.836. The minimum Gasteiger partial charge on any atom is -0.462 e. The zero-order valence-electron chi connectivity index (χ0n) is 45.9. The molecule has 0 saturated heterocycles. The molecule has 0 amide bonds. The molecule has 72 heavy (non-hydrogen) atoms. The fourth-order valence-corrected chi connectivity index (χ4v) is 7.17. The highest BCUT2D eigenvalue weighted by Crippen LogP contribution is 2.12. The monoisotopic (exact) mass is 991 g/mol. The lowest BCUT2D eigenvalue weighted by Gasteiger charge is -2.18. The standard InChI is InChI=1S/C66H102O6/c1-4-7-10-13-16-19-22-25-28-31-33-36-38-41-44-47-50-53-56-59-65(68)71-62-63(61-70-64(67)58-55-52-49-46-43-40-37-34-30-27-24-21-18-15-12-9-6-3)72-66(69)60-57-54-51-48-45-42-39-35-32-29-26-23-20-17-14-11-8-5-2/h7,10,13,16,18-19,21-22,25,27-33,35-41,44,46,49,63H,4-6,8-9,11-12,14-15,17,20,23-24,26,34,42-43,45,47-48,50-62H2,1-3H3/b10-7-,16-13-,21-18-,22-19-,28-25-,30-27-,32-29-,33-31+,38-36-,39-35-,40-37-,44-41-,49-46-. The summed E-state index contributed by atoms with van der Waals surface area (Å²) in [5.41, 5.74) is 0. The van der Waals surface area contributed by atoms with Crippen LogP contribution in [-0.4, -0.2) is 37.2 Å². The summed E-state index contributed by atoms with van der Waals surface area (Å²) in [6, 6.07) is 0. The number of carbonyl (C=O) groups is 3. The van der Waals surface area contributed by atoms with E-state index in [1.807, 2.05) is 72.9 Å². The number of hydrogen-bond acceptors (Lipinski definition) is 6. The van der Waals surface area contributed by atoms with Gasteiger partial charge in [0.25, 0.3) is 0 Å². The predicted octanol–water partition coefficient (Wildman–Crippen LogP) is 19.4. The third-order valence-electron chi connectivity index (χ3n) is 11.5. The highest BCUT2D eigenvalue weighted by molar-refractivity contribution is 5.71. The van der Waals surface area contributed by atoms with Gasteiger partial charge in [-0.25, -0.2) is 0 Å². The molecule has 6 nitrogen and oxygen atoms in total. The van der Waals surface area contributed by atoms with Crippen LogP contribution >= 0.6 is 0 Å². The van der Waals surface area contributed by atoms with Crippen LogP contribution in [0.5, 0.6) is 0 Å². The average Bonchev–Trinajstić information content (AvgIpc) is 3.38. The second-order valence-corrected chi connectivity index (χ2v) is 18.3. The van der Waals surface area contributed by atoms with Gasteiger partial charge in [0.2, 0.25) is 0 Å².